The number of nitriles is 1. The van der Waals surface area contributed by atoms with Crippen LogP contribution in [0.4, 0.5) is 10.1 Å². The quantitative estimate of drug-likeness (QED) is 0.658. The SMILES string of the molecule is CCCNc1ccc(C#N)c(Cl)c1C.Oc1cc(-c2nnco2)ccc1F. The Morgan fingerprint density at radius 2 is 2.11 bits per heavy atom. The number of aromatic hydroxyl groups is 1. The monoisotopic (exact) mass is 388 g/mol. The van der Waals surface area contributed by atoms with Gasteiger partial charge in [0.15, 0.2) is 11.6 Å². The van der Waals surface area contributed by atoms with Crippen LogP contribution in [0.25, 0.3) is 11.5 Å². The molecule has 3 aromatic rings. The molecule has 0 aliphatic heterocycles. The zero-order chi connectivity index (χ0) is 19.8. The van der Waals surface area contributed by atoms with Crippen LogP contribution in [0.2, 0.25) is 5.02 Å². The van der Waals surface area contributed by atoms with Crippen molar-refractivity contribution in [2.75, 3.05) is 11.9 Å². The third-order valence-electron chi connectivity index (χ3n) is 3.63. The van der Waals surface area contributed by atoms with Crippen molar-refractivity contribution in [2.24, 2.45) is 0 Å². The molecule has 6 nitrogen and oxygen atoms in total. The number of aromatic nitrogens is 2. The van der Waals surface area contributed by atoms with Crippen LogP contribution < -0.4 is 5.32 Å². The minimum absolute atomic E-state index is 0.246. The maximum absolute atomic E-state index is 12.6. The highest BCUT2D eigenvalue weighted by molar-refractivity contribution is 6.32. The molecule has 0 saturated carbocycles. The van der Waals surface area contributed by atoms with E-state index in [0.29, 0.717) is 16.1 Å². The molecule has 140 valence electrons. The highest BCUT2D eigenvalue weighted by Gasteiger charge is 2.07. The summed E-state index contributed by atoms with van der Waals surface area (Å²) in [7, 11) is 0. The normalized spacial score (nSPS) is 9.89. The predicted octanol–water partition coefficient (Wildman–Crippen LogP) is 4.92. The zero-order valence-corrected chi connectivity index (χ0v) is 15.6. The van der Waals surface area contributed by atoms with Gasteiger partial charge in [-0.05, 0) is 49.2 Å². The van der Waals surface area contributed by atoms with Gasteiger partial charge in [0.1, 0.15) is 6.07 Å². The second kappa shape index (κ2) is 9.55. The first-order valence-electron chi connectivity index (χ1n) is 8.16. The third-order valence-corrected chi connectivity index (χ3v) is 4.11. The molecule has 3 rings (SSSR count). The molecule has 0 fully saturated rings. The Morgan fingerprint density at radius 1 is 1.33 bits per heavy atom. The summed E-state index contributed by atoms with van der Waals surface area (Å²) in [5.41, 5.74) is 2.97. The Bertz CT molecular complexity index is 940. The highest BCUT2D eigenvalue weighted by Crippen LogP contribution is 2.27. The molecule has 0 atom stereocenters. The number of nitrogens with zero attached hydrogens (tertiary/aromatic N) is 3. The van der Waals surface area contributed by atoms with E-state index in [1.54, 1.807) is 6.07 Å². The molecule has 2 aromatic carbocycles. The molecule has 27 heavy (non-hydrogen) atoms. The van der Waals surface area contributed by atoms with Crippen molar-refractivity contribution in [3.05, 3.63) is 58.7 Å². The van der Waals surface area contributed by atoms with Gasteiger partial charge in [0.2, 0.25) is 12.3 Å². The number of hydrogen-bond donors (Lipinski definition) is 2. The second-order valence-electron chi connectivity index (χ2n) is 5.55. The van der Waals surface area contributed by atoms with Crippen LogP contribution in [0.15, 0.2) is 41.1 Å². The molecule has 0 unspecified atom stereocenters. The average molecular weight is 389 g/mol. The Hall–Kier alpha value is -3.11. The van der Waals surface area contributed by atoms with Crippen LogP contribution in [0, 0.1) is 24.1 Å². The lowest BCUT2D eigenvalue weighted by molar-refractivity contribution is 0.432. The molecule has 1 aromatic heterocycles. The smallest absolute Gasteiger partial charge is 0.247 e. The molecule has 8 heteroatoms. The number of phenolic OH excluding ortho intramolecular Hbond substituents is 1. The molecule has 0 aliphatic carbocycles. The first kappa shape index (κ1) is 20.2. The third kappa shape index (κ3) is 5.19. The van der Waals surface area contributed by atoms with E-state index in [1.807, 2.05) is 13.0 Å². The molecule has 0 aliphatic rings. The standard InChI is InChI=1S/C11H13ClN2.C8H5FN2O2/c1-3-6-14-10-5-4-9(7-13)11(12)8(10)2;9-6-2-1-5(3-7(6)12)8-11-10-4-13-8/h4-5,14H,3,6H2,1-2H3;1-4,12H. The van der Waals surface area contributed by atoms with Gasteiger partial charge < -0.3 is 14.8 Å². The Labute approximate surface area is 161 Å². The topological polar surface area (TPSA) is 95.0 Å². The fourth-order valence-electron chi connectivity index (χ4n) is 2.17. The van der Waals surface area contributed by atoms with Crippen molar-refractivity contribution in [3.63, 3.8) is 0 Å². The van der Waals surface area contributed by atoms with Gasteiger partial charge in [0, 0.05) is 17.8 Å². The van der Waals surface area contributed by atoms with Crippen molar-refractivity contribution in [2.45, 2.75) is 20.3 Å². The summed E-state index contributed by atoms with van der Waals surface area (Å²) in [6.45, 7) is 4.94. The molecule has 0 amide bonds. The van der Waals surface area contributed by atoms with Crippen molar-refractivity contribution >= 4 is 17.3 Å². The number of anilines is 1. The first-order valence-corrected chi connectivity index (χ1v) is 8.53. The van der Waals surface area contributed by atoms with Crippen LogP contribution in [0.1, 0.15) is 24.5 Å². The number of benzene rings is 2. The number of nitrogens with one attached hydrogen (secondary N) is 1. The zero-order valence-electron chi connectivity index (χ0n) is 14.8. The van der Waals surface area contributed by atoms with E-state index in [-0.39, 0.29) is 5.89 Å². The van der Waals surface area contributed by atoms with Crippen molar-refractivity contribution in [1.29, 1.82) is 5.26 Å². The van der Waals surface area contributed by atoms with Crippen LogP contribution in [-0.4, -0.2) is 21.8 Å². The van der Waals surface area contributed by atoms with Gasteiger partial charge in [-0.2, -0.15) is 5.26 Å². The van der Waals surface area contributed by atoms with Crippen molar-refractivity contribution < 1.29 is 13.9 Å². The minimum atomic E-state index is -0.678. The van der Waals surface area contributed by atoms with E-state index < -0.39 is 11.6 Å². The Morgan fingerprint density at radius 3 is 2.70 bits per heavy atom. The summed E-state index contributed by atoms with van der Waals surface area (Å²) in [6.07, 6.45) is 2.23. The highest BCUT2D eigenvalue weighted by atomic mass is 35.5. The molecule has 0 radical (unpaired) electrons. The summed E-state index contributed by atoms with van der Waals surface area (Å²) in [4.78, 5) is 0. The van der Waals surface area contributed by atoms with Gasteiger partial charge in [-0.1, -0.05) is 18.5 Å². The van der Waals surface area contributed by atoms with E-state index in [4.69, 9.17) is 26.4 Å². The van der Waals surface area contributed by atoms with E-state index >= 15 is 0 Å². The summed E-state index contributed by atoms with van der Waals surface area (Å²) in [6, 6.07) is 9.51. The lowest BCUT2D eigenvalue weighted by Crippen LogP contribution is -2.02. The maximum Gasteiger partial charge on any atom is 0.247 e. The lowest BCUT2D eigenvalue weighted by Gasteiger charge is -2.10. The number of halogens is 2. The maximum atomic E-state index is 12.6. The van der Waals surface area contributed by atoms with E-state index in [9.17, 15) is 4.39 Å². The summed E-state index contributed by atoms with van der Waals surface area (Å²) in [5.74, 6) is -0.866. The summed E-state index contributed by atoms with van der Waals surface area (Å²) in [5, 5.41) is 28.7. The van der Waals surface area contributed by atoms with E-state index in [2.05, 4.69) is 28.5 Å². The minimum Gasteiger partial charge on any atom is -0.505 e. The van der Waals surface area contributed by atoms with Gasteiger partial charge in [-0.15, -0.1) is 10.2 Å². The predicted molar refractivity (Wildman–Crippen MR) is 101 cm³/mol. The molecule has 0 spiro atoms. The fourth-order valence-corrected chi connectivity index (χ4v) is 2.37. The molecule has 0 bridgehead atoms. The molecule has 1 heterocycles. The molecule has 0 saturated heterocycles. The van der Waals surface area contributed by atoms with Crippen molar-refractivity contribution in [1.82, 2.24) is 10.2 Å². The average Bonchev–Trinajstić information content (AvgIpc) is 3.20. The number of phenols is 1. The van der Waals surface area contributed by atoms with Crippen LogP contribution in [0.3, 0.4) is 0 Å². The molecular weight excluding hydrogens is 371 g/mol. The van der Waals surface area contributed by atoms with Crippen LogP contribution >= 0.6 is 11.6 Å². The van der Waals surface area contributed by atoms with Crippen LogP contribution in [-0.2, 0) is 0 Å². The Kier molecular flexibility index (Phi) is 7.15. The van der Waals surface area contributed by atoms with Crippen molar-refractivity contribution in [3.8, 4) is 23.3 Å². The molecule has 2 N–H and O–H groups in total. The number of hydrogen-bond acceptors (Lipinski definition) is 6. The van der Waals surface area contributed by atoms with Gasteiger partial charge >= 0.3 is 0 Å². The first-order chi connectivity index (χ1) is 13.0. The summed E-state index contributed by atoms with van der Waals surface area (Å²) < 4.78 is 17.5. The Balaban J connectivity index is 0.000000194. The van der Waals surface area contributed by atoms with Gasteiger partial charge in [-0.3, -0.25) is 0 Å². The largest absolute Gasteiger partial charge is 0.505 e. The van der Waals surface area contributed by atoms with Gasteiger partial charge in [0.25, 0.3) is 0 Å². The molecular formula is C19H18ClFN4O2. The number of rotatable bonds is 4. The second-order valence-corrected chi connectivity index (χ2v) is 5.93. The summed E-state index contributed by atoms with van der Waals surface area (Å²) >= 11 is 6.01. The fraction of sp³-hybridized carbons (Fsp3) is 0.211. The lowest BCUT2D eigenvalue weighted by atomic mass is 10.1. The van der Waals surface area contributed by atoms with E-state index in [1.165, 1.54) is 12.1 Å². The van der Waals surface area contributed by atoms with Gasteiger partial charge in [-0.25, -0.2) is 4.39 Å². The van der Waals surface area contributed by atoms with E-state index in [0.717, 1.165) is 36.7 Å². The van der Waals surface area contributed by atoms with Gasteiger partial charge in [0.05, 0.1) is 10.6 Å². The van der Waals surface area contributed by atoms with Crippen LogP contribution in [0.5, 0.6) is 5.75 Å².